The van der Waals surface area contributed by atoms with Gasteiger partial charge in [-0.1, -0.05) is 23.2 Å². The van der Waals surface area contributed by atoms with Crippen LogP contribution in [0.1, 0.15) is 43.0 Å². The van der Waals surface area contributed by atoms with E-state index < -0.39 is 42.2 Å². The highest BCUT2D eigenvalue weighted by atomic mass is 35.5. The number of nitrogens with zero attached hydrogens (tertiary/aromatic N) is 3. The van der Waals surface area contributed by atoms with Crippen LogP contribution in [-0.2, 0) is 23.9 Å². The number of ether oxygens (including phenoxy) is 2. The predicted octanol–water partition coefficient (Wildman–Crippen LogP) is 1.47. The number of carbonyl (C=O) groups is 5. The molecule has 1 aromatic rings. The molecule has 0 saturated carbocycles. The lowest BCUT2D eigenvalue weighted by atomic mass is 10.1. The smallest absolute Gasteiger partial charge is 0.358 e. The molecule has 3 atom stereocenters. The highest BCUT2D eigenvalue weighted by molar-refractivity contribution is 6.35. The maximum atomic E-state index is 13.5. The van der Waals surface area contributed by atoms with E-state index in [1.165, 1.54) is 23.2 Å². The van der Waals surface area contributed by atoms with Gasteiger partial charge < -0.3 is 14.8 Å². The molecule has 0 aromatic heterocycles. The number of carbonyl (C=O) groups excluding carboxylic acids is 5. The van der Waals surface area contributed by atoms with E-state index in [0.29, 0.717) is 6.42 Å². The Hall–Kier alpha value is -3.09. The minimum Gasteiger partial charge on any atom is -0.433 e. The zero-order chi connectivity index (χ0) is 26.0. The summed E-state index contributed by atoms with van der Waals surface area (Å²) in [7, 11) is 0. The van der Waals surface area contributed by atoms with E-state index in [4.69, 9.17) is 32.7 Å². The zero-order valence-corrected chi connectivity index (χ0v) is 20.9. The van der Waals surface area contributed by atoms with Gasteiger partial charge in [0.05, 0.1) is 13.0 Å². The van der Waals surface area contributed by atoms with Crippen LogP contribution in [0.3, 0.4) is 0 Å². The summed E-state index contributed by atoms with van der Waals surface area (Å²) in [5, 5.41) is 6.48. The van der Waals surface area contributed by atoms with Crippen molar-refractivity contribution in [1.82, 2.24) is 25.8 Å². The second kappa shape index (κ2) is 10.9. The van der Waals surface area contributed by atoms with Crippen LogP contribution < -0.4 is 10.7 Å². The number of hydrogen-bond donors (Lipinski definition) is 2. The van der Waals surface area contributed by atoms with Gasteiger partial charge in [-0.05, 0) is 38.0 Å². The van der Waals surface area contributed by atoms with Crippen molar-refractivity contribution in [3.63, 3.8) is 0 Å². The van der Waals surface area contributed by atoms with Crippen molar-refractivity contribution in [2.24, 2.45) is 0 Å². The molecule has 3 fully saturated rings. The van der Waals surface area contributed by atoms with Gasteiger partial charge in [-0.3, -0.25) is 24.6 Å². The van der Waals surface area contributed by atoms with Gasteiger partial charge in [0, 0.05) is 35.2 Å². The van der Waals surface area contributed by atoms with E-state index in [0.717, 1.165) is 10.0 Å². The topological polar surface area (TPSA) is 138 Å². The fourth-order valence-corrected chi connectivity index (χ4v) is 4.86. The van der Waals surface area contributed by atoms with Gasteiger partial charge in [-0.2, -0.15) is 0 Å². The van der Waals surface area contributed by atoms with Gasteiger partial charge in [0.15, 0.2) is 0 Å². The molecule has 1 unspecified atom stereocenters. The lowest BCUT2D eigenvalue weighted by Gasteiger charge is -2.43. The fourth-order valence-electron chi connectivity index (χ4n) is 4.34. The molecule has 3 aliphatic heterocycles. The minimum atomic E-state index is -1.05. The van der Waals surface area contributed by atoms with Crippen LogP contribution >= 0.6 is 23.2 Å². The molecular formula is C22H25Cl2N5O7. The number of cyclic esters (lactones) is 1. The van der Waals surface area contributed by atoms with Crippen LogP contribution in [0, 0.1) is 0 Å². The number of hydrogen-bond acceptors (Lipinski definition) is 7. The summed E-state index contributed by atoms with van der Waals surface area (Å²) in [5.74, 6) is -2.11. The van der Waals surface area contributed by atoms with Crippen molar-refractivity contribution in [3.8, 4) is 0 Å². The van der Waals surface area contributed by atoms with E-state index in [1.807, 2.05) is 0 Å². The van der Waals surface area contributed by atoms with E-state index in [9.17, 15) is 24.0 Å². The third-order valence-electron chi connectivity index (χ3n) is 5.95. The Kier molecular flexibility index (Phi) is 7.86. The molecule has 1 aromatic carbocycles. The number of urea groups is 1. The number of fused-ring (bicyclic) bond motifs is 1. The van der Waals surface area contributed by atoms with Gasteiger partial charge in [0.25, 0.3) is 5.91 Å². The van der Waals surface area contributed by atoms with Crippen LogP contribution in [0.25, 0.3) is 0 Å². The Morgan fingerprint density at radius 3 is 2.56 bits per heavy atom. The predicted molar refractivity (Wildman–Crippen MR) is 125 cm³/mol. The molecule has 3 heterocycles. The lowest BCUT2D eigenvalue weighted by Crippen LogP contribution is -2.65. The normalized spacial score (nSPS) is 24.2. The molecule has 4 rings (SSSR count). The van der Waals surface area contributed by atoms with E-state index in [1.54, 1.807) is 6.92 Å². The Morgan fingerprint density at radius 2 is 1.86 bits per heavy atom. The van der Waals surface area contributed by atoms with Crippen molar-refractivity contribution in [2.45, 2.75) is 51.0 Å². The first-order chi connectivity index (χ1) is 17.2. The third kappa shape index (κ3) is 5.50. The quantitative estimate of drug-likeness (QED) is 0.520. The van der Waals surface area contributed by atoms with Gasteiger partial charge in [-0.25, -0.2) is 19.8 Å². The molecule has 194 valence electrons. The molecule has 3 aliphatic rings. The second-order valence-corrected chi connectivity index (χ2v) is 9.31. The van der Waals surface area contributed by atoms with E-state index >= 15 is 0 Å². The Labute approximate surface area is 216 Å². The number of rotatable bonds is 6. The summed E-state index contributed by atoms with van der Waals surface area (Å²) < 4.78 is 10.5. The molecule has 0 spiro atoms. The Bertz CT molecular complexity index is 1070. The summed E-state index contributed by atoms with van der Waals surface area (Å²) in [6.07, 6.45) is -0.328. The van der Waals surface area contributed by atoms with Crippen molar-refractivity contribution in [2.75, 3.05) is 19.7 Å². The molecule has 2 N–H and O–H groups in total. The number of nitrogens with one attached hydrogen (secondary N) is 2. The fraction of sp³-hybridized carbons (Fsp3) is 0.500. The second-order valence-electron chi connectivity index (χ2n) is 8.44. The maximum absolute atomic E-state index is 13.5. The lowest BCUT2D eigenvalue weighted by molar-refractivity contribution is -0.166. The van der Waals surface area contributed by atoms with Crippen LogP contribution in [0.2, 0.25) is 10.0 Å². The molecule has 12 nitrogen and oxygen atoms in total. The Balaban J connectivity index is 1.53. The standard InChI is InChI=1S/C22H25Cl2N5O7/c1-2-35-21-15(11-18(31)36-21)25-20(33)16-4-3-6-28-17(30)5-7-27(22(34)29(16)28)26-19(32)12-8-13(23)10-14(24)9-12/h8-10,15-16,21H,2-7,11H2,1H3,(H,25,33)(H,26,32)/t15-,16-,21?/m0/s1. The van der Waals surface area contributed by atoms with Crippen molar-refractivity contribution in [3.05, 3.63) is 33.8 Å². The van der Waals surface area contributed by atoms with Gasteiger partial charge in [0.1, 0.15) is 12.1 Å². The summed E-state index contributed by atoms with van der Waals surface area (Å²) in [4.78, 5) is 64.1. The third-order valence-corrected chi connectivity index (χ3v) is 6.39. The highest BCUT2D eigenvalue weighted by Crippen LogP contribution is 2.25. The van der Waals surface area contributed by atoms with Gasteiger partial charge in [0.2, 0.25) is 18.1 Å². The Morgan fingerprint density at radius 1 is 1.14 bits per heavy atom. The molecule has 0 radical (unpaired) electrons. The van der Waals surface area contributed by atoms with Crippen molar-refractivity contribution < 1.29 is 33.4 Å². The molecule has 5 amide bonds. The number of benzene rings is 1. The van der Waals surface area contributed by atoms with Crippen molar-refractivity contribution >= 4 is 52.9 Å². The van der Waals surface area contributed by atoms with Crippen molar-refractivity contribution in [1.29, 1.82) is 0 Å². The minimum absolute atomic E-state index is 0.0649. The summed E-state index contributed by atoms with van der Waals surface area (Å²) in [6.45, 7) is 2.14. The van der Waals surface area contributed by atoms with Crippen LogP contribution in [-0.4, -0.2) is 82.8 Å². The molecule has 3 saturated heterocycles. The first kappa shape index (κ1) is 26.0. The van der Waals surface area contributed by atoms with E-state index in [-0.39, 0.29) is 60.5 Å². The number of amides is 5. The average molecular weight is 542 g/mol. The number of halogens is 2. The van der Waals surface area contributed by atoms with Crippen LogP contribution in [0.4, 0.5) is 4.79 Å². The highest BCUT2D eigenvalue weighted by Gasteiger charge is 2.46. The molecule has 14 heteroatoms. The van der Waals surface area contributed by atoms with Gasteiger partial charge >= 0.3 is 12.0 Å². The van der Waals surface area contributed by atoms with Crippen LogP contribution in [0.15, 0.2) is 18.2 Å². The number of hydrazine groups is 2. The molecule has 36 heavy (non-hydrogen) atoms. The average Bonchev–Trinajstić information content (AvgIpc) is 3.12. The van der Waals surface area contributed by atoms with Crippen LogP contribution in [0.5, 0.6) is 0 Å². The molecular weight excluding hydrogens is 517 g/mol. The number of esters is 1. The van der Waals surface area contributed by atoms with E-state index in [2.05, 4.69) is 10.7 Å². The monoisotopic (exact) mass is 541 g/mol. The molecule has 0 bridgehead atoms. The maximum Gasteiger partial charge on any atom is 0.358 e. The summed E-state index contributed by atoms with van der Waals surface area (Å²) in [6, 6.07) is 1.71. The zero-order valence-electron chi connectivity index (χ0n) is 19.4. The SMILES string of the molecule is CCOC1OC(=O)C[C@@H]1NC(=O)[C@@H]1CCCN2C(=O)CCN(NC(=O)c3cc(Cl)cc(Cl)c3)C(=O)N12. The van der Waals surface area contributed by atoms with Gasteiger partial charge in [-0.15, -0.1) is 0 Å². The summed E-state index contributed by atoms with van der Waals surface area (Å²) >= 11 is 12.0. The largest absolute Gasteiger partial charge is 0.433 e. The summed E-state index contributed by atoms with van der Waals surface area (Å²) in [5.41, 5.74) is 2.60. The molecule has 0 aliphatic carbocycles. The first-order valence-corrected chi connectivity index (χ1v) is 12.2. The first-order valence-electron chi connectivity index (χ1n) is 11.5.